The maximum Gasteiger partial charge on any atom is 0.177 e. The van der Waals surface area contributed by atoms with Gasteiger partial charge in [-0.05, 0) is 43.8 Å². The minimum absolute atomic E-state index is 0.542. The average Bonchev–Trinajstić information content (AvgIpc) is 2.43. The Kier molecular flexibility index (Phi) is 3.01. The fraction of sp³-hybridized carbons (Fsp3) is 0.750. The topological polar surface area (TPSA) is 20.7 Å². The first-order valence-electron chi connectivity index (χ1n) is 5.91. The van der Waals surface area contributed by atoms with Gasteiger partial charge in [-0.15, -0.1) is 0 Å². The summed E-state index contributed by atoms with van der Waals surface area (Å²) < 4.78 is 3.21. The van der Waals surface area contributed by atoms with Crippen molar-refractivity contribution in [1.29, 1.82) is 0 Å². The molecule has 2 nitrogen and oxygen atoms in total. The van der Waals surface area contributed by atoms with E-state index >= 15 is 0 Å². The number of hydrogen-bond acceptors (Lipinski definition) is 1. The minimum Gasteiger partial charge on any atom is -0.337 e. The van der Waals surface area contributed by atoms with Crippen molar-refractivity contribution >= 4 is 12.2 Å². The van der Waals surface area contributed by atoms with E-state index in [9.17, 15) is 0 Å². The summed E-state index contributed by atoms with van der Waals surface area (Å²) in [7, 11) is 0. The van der Waals surface area contributed by atoms with E-state index in [-0.39, 0.29) is 0 Å². The second-order valence-electron chi connectivity index (χ2n) is 4.97. The molecule has 1 aromatic heterocycles. The van der Waals surface area contributed by atoms with Crippen molar-refractivity contribution in [2.24, 2.45) is 5.92 Å². The van der Waals surface area contributed by atoms with Crippen LogP contribution < -0.4 is 0 Å². The largest absolute Gasteiger partial charge is 0.337 e. The molecule has 1 N–H and O–H groups in total. The zero-order chi connectivity index (χ0) is 11.0. The number of aromatic nitrogens is 2. The number of nitrogens with zero attached hydrogens (tertiary/aromatic N) is 1. The number of nitrogens with one attached hydrogen (secondary N) is 1. The molecule has 0 aromatic carbocycles. The molecule has 1 unspecified atom stereocenters. The quantitative estimate of drug-likeness (QED) is 0.769. The molecule has 0 aliphatic heterocycles. The normalized spacial score (nSPS) is 19.2. The van der Waals surface area contributed by atoms with Crippen molar-refractivity contribution in [1.82, 2.24) is 9.55 Å². The van der Waals surface area contributed by atoms with Gasteiger partial charge in [-0.1, -0.05) is 20.3 Å². The van der Waals surface area contributed by atoms with Crippen LogP contribution >= 0.6 is 12.2 Å². The average molecular weight is 224 g/mol. The van der Waals surface area contributed by atoms with Gasteiger partial charge in [0.25, 0.3) is 0 Å². The lowest BCUT2D eigenvalue weighted by molar-refractivity contribution is 0.217. The molecule has 1 aliphatic carbocycles. The third-order valence-corrected chi connectivity index (χ3v) is 3.99. The maximum atomic E-state index is 5.37. The summed E-state index contributed by atoms with van der Waals surface area (Å²) in [5.74, 6) is 1.38. The van der Waals surface area contributed by atoms with Crippen LogP contribution in [-0.2, 0) is 0 Å². The number of H-pyrrole nitrogens is 1. The molecule has 1 heterocycles. The second-order valence-corrected chi connectivity index (χ2v) is 5.36. The van der Waals surface area contributed by atoms with Gasteiger partial charge in [0, 0.05) is 17.9 Å². The van der Waals surface area contributed by atoms with Crippen LogP contribution in [0.15, 0.2) is 6.20 Å². The summed E-state index contributed by atoms with van der Waals surface area (Å²) in [4.78, 5) is 3.18. The van der Waals surface area contributed by atoms with E-state index in [1.54, 1.807) is 0 Å². The summed E-state index contributed by atoms with van der Waals surface area (Å²) in [6.07, 6.45) is 6.20. The van der Waals surface area contributed by atoms with E-state index < -0.39 is 0 Å². The Bertz CT molecular complexity index is 385. The molecule has 1 aliphatic rings. The second kappa shape index (κ2) is 4.12. The molecule has 0 radical (unpaired) electrons. The van der Waals surface area contributed by atoms with Gasteiger partial charge in [0.1, 0.15) is 0 Å². The van der Waals surface area contributed by atoms with Crippen molar-refractivity contribution in [3.8, 4) is 0 Å². The van der Waals surface area contributed by atoms with Gasteiger partial charge < -0.3 is 9.55 Å². The molecule has 3 heteroatoms. The van der Waals surface area contributed by atoms with Crippen LogP contribution in [0.4, 0.5) is 0 Å². The van der Waals surface area contributed by atoms with Crippen LogP contribution in [0.1, 0.15) is 57.7 Å². The molecule has 1 aromatic rings. The van der Waals surface area contributed by atoms with Crippen molar-refractivity contribution < 1.29 is 0 Å². The molecule has 0 saturated heterocycles. The Morgan fingerprint density at radius 1 is 1.40 bits per heavy atom. The highest BCUT2D eigenvalue weighted by Gasteiger charge is 2.27. The first kappa shape index (κ1) is 10.9. The van der Waals surface area contributed by atoms with E-state index in [0.717, 1.165) is 10.7 Å². The number of imidazole rings is 1. The van der Waals surface area contributed by atoms with E-state index in [4.69, 9.17) is 12.2 Å². The van der Waals surface area contributed by atoms with Crippen LogP contribution in [0.3, 0.4) is 0 Å². The summed E-state index contributed by atoms with van der Waals surface area (Å²) >= 11 is 5.37. The standard InChI is InChI=1S/C12H20N2S/c1-8(2)11-7-13-12(15)14(11)9(3)10-5-4-6-10/h7-10H,4-6H2,1-3H3,(H,13,15). The lowest BCUT2D eigenvalue weighted by atomic mass is 9.80. The first-order valence-corrected chi connectivity index (χ1v) is 6.32. The SMILES string of the molecule is CC(C)c1c[nH]c(=S)n1C(C)C1CCC1. The van der Waals surface area contributed by atoms with Crippen LogP contribution in [0.5, 0.6) is 0 Å². The predicted octanol–water partition coefficient (Wildman–Crippen LogP) is 4.03. The van der Waals surface area contributed by atoms with Gasteiger partial charge in [0.05, 0.1) is 0 Å². The summed E-state index contributed by atoms with van der Waals surface area (Å²) in [5.41, 5.74) is 1.35. The molecule has 2 rings (SSSR count). The molecule has 84 valence electrons. The molecule has 15 heavy (non-hydrogen) atoms. The predicted molar refractivity (Wildman–Crippen MR) is 65.8 cm³/mol. The fourth-order valence-corrected chi connectivity index (χ4v) is 2.72. The summed E-state index contributed by atoms with van der Waals surface area (Å²) in [5, 5.41) is 0. The van der Waals surface area contributed by atoms with Crippen molar-refractivity contribution in [2.75, 3.05) is 0 Å². The lowest BCUT2D eigenvalue weighted by Gasteiger charge is -2.33. The van der Waals surface area contributed by atoms with E-state index in [2.05, 4.69) is 36.5 Å². The highest BCUT2D eigenvalue weighted by Crippen LogP contribution is 2.37. The van der Waals surface area contributed by atoms with E-state index in [1.807, 2.05) is 0 Å². The molecule has 1 fully saturated rings. The van der Waals surface area contributed by atoms with Gasteiger partial charge in [-0.25, -0.2) is 0 Å². The van der Waals surface area contributed by atoms with Gasteiger partial charge in [-0.3, -0.25) is 0 Å². The van der Waals surface area contributed by atoms with Crippen molar-refractivity contribution in [3.05, 3.63) is 16.7 Å². The highest BCUT2D eigenvalue weighted by atomic mass is 32.1. The van der Waals surface area contributed by atoms with Gasteiger partial charge in [0.2, 0.25) is 0 Å². The Morgan fingerprint density at radius 3 is 2.53 bits per heavy atom. The Balaban J connectivity index is 2.32. The van der Waals surface area contributed by atoms with Crippen LogP contribution in [0.2, 0.25) is 0 Å². The molecular formula is C12H20N2S. The van der Waals surface area contributed by atoms with Gasteiger partial charge >= 0.3 is 0 Å². The van der Waals surface area contributed by atoms with Gasteiger partial charge in [0.15, 0.2) is 4.77 Å². The molecular weight excluding hydrogens is 204 g/mol. The molecule has 0 bridgehead atoms. The molecule has 1 atom stereocenters. The smallest absolute Gasteiger partial charge is 0.177 e. The van der Waals surface area contributed by atoms with Crippen molar-refractivity contribution in [3.63, 3.8) is 0 Å². The number of rotatable bonds is 3. The third kappa shape index (κ3) is 1.89. The summed E-state index contributed by atoms with van der Waals surface area (Å²) in [6, 6.07) is 0.565. The van der Waals surface area contributed by atoms with Crippen molar-refractivity contribution in [2.45, 2.75) is 52.0 Å². The zero-order valence-electron chi connectivity index (χ0n) is 9.79. The maximum absolute atomic E-state index is 5.37. The number of aromatic amines is 1. The van der Waals surface area contributed by atoms with Crippen LogP contribution in [-0.4, -0.2) is 9.55 Å². The zero-order valence-corrected chi connectivity index (χ0v) is 10.6. The minimum atomic E-state index is 0.542. The van der Waals surface area contributed by atoms with Crippen LogP contribution in [0, 0.1) is 10.7 Å². The van der Waals surface area contributed by atoms with Gasteiger partial charge in [-0.2, -0.15) is 0 Å². The molecule has 0 spiro atoms. The molecule has 1 saturated carbocycles. The van der Waals surface area contributed by atoms with Crippen LogP contribution in [0.25, 0.3) is 0 Å². The highest BCUT2D eigenvalue weighted by molar-refractivity contribution is 7.71. The Labute approximate surface area is 96.7 Å². The Morgan fingerprint density at radius 2 is 2.07 bits per heavy atom. The van der Waals surface area contributed by atoms with E-state index in [1.165, 1.54) is 25.0 Å². The monoisotopic (exact) mass is 224 g/mol. The Hall–Kier alpha value is -0.570. The first-order chi connectivity index (χ1) is 7.11. The van der Waals surface area contributed by atoms with E-state index in [0.29, 0.717) is 12.0 Å². The molecule has 0 amide bonds. The fourth-order valence-electron chi connectivity index (χ4n) is 2.39. The lowest BCUT2D eigenvalue weighted by Crippen LogP contribution is -2.24. The number of hydrogen-bond donors (Lipinski definition) is 1. The third-order valence-electron chi connectivity index (χ3n) is 3.67. The summed E-state index contributed by atoms with van der Waals surface area (Å²) in [6.45, 7) is 6.75.